The van der Waals surface area contributed by atoms with E-state index < -0.39 is 23.6 Å². The standard InChI is InChI=1S/C29H38N4O7/c1-31(2)11-4-12-32-26(34)20-6-8-22-25-23(9-7-21(24(20)25)27(32)35)29(37)33(28(22)36)13-5-15-39-17-19-40-18-16-38-14-3-10-30/h6-9H,3-5,10-19,30H2,1-2H3. The van der Waals surface area contributed by atoms with Crippen molar-refractivity contribution < 1.29 is 33.4 Å². The molecule has 0 saturated heterocycles. The first-order valence-corrected chi connectivity index (χ1v) is 13.8. The van der Waals surface area contributed by atoms with E-state index >= 15 is 0 Å². The van der Waals surface area contributed by atoms with Gasteiger partial charge in [0.25, 0.3) is 23.6 Å². The third-order valence-corrected chi connectivity index (χ3v) is 6.96. The minimum atomic E-state index is -0.438. The summed E-state index contributed by atoms with van der Waals surface area (Å²) in [5, 5.41) is 0.777. The summed E-state index contributed by atoms with van der Waals surface area (Å²) in [5.74, 6) is -1.68. The Hall–Kier alpha value is -3.22. The quantitative estimate of drug-likeness (QED) is 0.230. The molecule has 2 N–H and O–H groups in total. The summed E-state index contributed by atoms with van der Waals surface area (Å²) in [4.78, 5) is 57.7. The number of carbonyl (C=O) groups is 4. The Morgan fingerprint density at radius 1 is 0.600 bits per heavy atom. The van der Waals surface area contributed by atoms with Crippen LogP contribution in [0.2, 0.25) is 0 Å². The van der Waals surface area contributed by atoms with Gasteiger partial charge in [-0.1, -0.05) is 0 Å². The molecule has 0 radical (unpaired) electrons. The molecule has 0 atom stereocenters. The molecule has 2 aromatic rings. The lowest BCUT2D eigenvalue weighted by Crippen LogP contribution is -2.44. The fourth-order valence-electron chi connectivity index (χ4n) is 4.98. The lowest BCUT2D eigenvalue weighted by atomic mass is 9.86. The molecular formula is C29H38N4O7. The maximum atomic E-state index is 13.3. The molecule has 0 unspecified atom stereocenters. The number of hydrogen-bond donors (Lipinski definition) is 1. The van der Waals surface area contributed by atoms with Crippen molar-refractivity contribution in [1.82, 2.24) is 14.7 Å². The zero-order valence-electron chi connectivity index (χ0n) is 23.3. The summed E-state index contributed by atoms with van der Waals surface area (Å²) < 4.78 is 16.4. The fraction of sp³-hybridized carbons (Fsp3) is 0.517. The van der Waals surface area contributed by atoms with Gasteiger partial charge in [-0.2, -0.15) is 0 Å². The highest BCUT2D eigenvalue weighted by Crippen LogP contribution is 2.37. The number of benzene rings is 2. The molecule has 0 aromatic heterocycles. The number of rotatable bonds is 17. The Bertz CT molecular complexity index is 1190. The van der Waals surface area contributed by atoms with Gasteiger partial charge in [0.2, 0.25) is 0 Å². The van der Waals surface area contributed by atoms with E-state index in [4.69, 9.17) is 19.9 Å². The highest BCUT2D eigenvalue weighted by Gasteiger charge is 2.39. The zero-order valence-corrected chi connectivity index (χ0v) is 23.3. The zero-order chi connectivity index (χ0) is 28.6. The van der Waals surface area contributed by atoms with Crippen molar-refractivity contribution in [2.75, 3.05) is 79.9 Å². The average molecular weight is 555 g/mol. The minimum Gasteiger partial charge on any atom is -0.379 e. The molecule has 40 heavy (non-hydrogen) atoms. The van der Waals surface area contributed by atoms with Gasteiger partial charge in [0.15, 0.2) is 0 Å². The highest BCUT2D eigenvalue weighted by atomic mass is 16.5. The normalized spacial score (nSPS) is 14.8. The van der Waals surface area contributed by atoms with Crippen LogP contribution in [-0.4, -0.2) is 118 Å². The summed E-state index contributed by atoms with van der Waals surface area (Å²) in [5.41, 5.74) is 6.73. The van der Waals surface area contributed by atoms with Crippen molar-refractivity contribution in [3.63, 3.8) is 0 Å². The Kier molecular flexibility index (Phi) is 10.3. The van der Waals surface area contributed by atoms with Crippen LogP contribution in [0.4, 0.5) is 0 Å². The lowest BCUT2D eigenvalue weighted by Gasteiger charge is -2.32. The molecule has 2 heterocycles. The van der Waals surface area contributed by atoms with Gasteiger partial charge in [0.1, 0.15) is 0 Å². The van der Waals surface area contributed by atoms with Crippen LogP contribution in [0, 0.1) is 0 Å². The second-order valence-corrected chi connectivity index (χ2v) is 10.1. The van der Waals surface area contributed by atoms with Gasteiger partial charge in [-0.3, -0.25) is 29.0 Å². The average Bonchev–Trinajstić information content (AvgIpc) is 2.94. The Morgan fingerprint density at radius 3 is 1.38 bits per heavy atom. The van der Waals surface area contributed by atoms with Crippen LogP contribution in [0.25, 0.3) is 10.8 Å². The third-order valence-electron chi connectivity index (χ3n) is 6.96. The van der Waals surface area contributed by atoms with Crippen LogP contribution in [0.5, 0.6) is 0 Å². The fourth-order valence-corrected chi connectivity index (χ4v) is 4.98. The molecule has 0 fully saturated rings. The van der Waals surface area contributed by atoms with Crippen LogP contribution < -0.4 is 5.73 Å². The first-order valence-electron chi connectivity index (χ1n) is 13.8. The molecule has 216 valence electrons. The van der Waals surface area contributed by atoms with Crippen molar-refractivity contribution in [1.29, 1.82) is 0 Å². The first-order chi connectivity index (χ1) is 19.4. The van der Waals surface area contributed by atoms with Gasteiger partial charge >= 0.3 is 0 Å². The SMILES string of the molecule is CN(C)CCCN1C(=O)c2ccc3c4c(ccc(c24)C1=O)C(=O)N(CCCOCCOCCOCCCN)C3=O. The maximum Gasteiger partial charge on any atom is 0.261 e. The van der Waals surface area contributed by atoms with E-state index in [0.717, 1.165) is 13.0 Å². The predicted molar refractivity (Wildman–Crippen MR) is 149 cm³/mol. The number of nitrogens with two attached hydrogens (primary N) is 1. The van der Waals surface area contributed by atoms with E-state index in [1.165, 1.54) is 9.80 Å². The predicted octanol–water partition coefficient (Wildman–Crippen LogP) is 1.77. The Labute approximate surface area is 234 Å². The van der Waals surface area contributed by atoms with Gasteiger partial charge in [0.05, 0.1) is 26.4 Å². The maximum absolute atomic E-state index is 13.3. The van der Waals surface area contributed by atoms with Crippen LogP contribution >= 0.6 is 0 Å². The highest BCUT2D eigenvalue weighted by molar-refractivity contribution is 6.33. The molecule has 2 aliphatic rings. The number of carbonyl (C=O) groups excluding carboxylic acids is 4. The Balaban J connectivity index is 1.35. The van der Waals surface area contributed by atoms with E-state index in [9.17, 15) is 19.2 Å². The van der Waals surface area contributed by atoms with Gasteiger partial charge in [0, 0.05) is 59.3 Å². The minimum absolute atomic E-state index is 0.190. The third kappa shape index (κ3) is 6.39. The summed E-state index contributed by atoms with van der Waals surface area (Å²) in [6.07, 6.45) is 1.93. The van der Waals surface area contributed by atoms with Gasteiger partial charge in [-0.05, 0) is 70.7 Å². The summed E-state index contributed by atoms with van der Waals surface area (Å²) in [6, 6.07) is 6.37. The number of imide groups is 2. The molecule has 11 heteroatoms. The smallest absolute Gasteiger partial charge is 0.261 e. The van der Waals surface area contributed by atoms with Crippen LogP contribution in [-0.2, 0) is 14.2 Å². The lowest BCUT2D eigenvalue weighted by molar-refractivity contribution is 0.0130. The van der Waals surface area contributed by atoms with E-state index in [1.807, 2.05) is 19.0 Å². The number of amides is 4. The van der Waals surface area contributed by atoms with Crippen molar-refractivity contribution >= 4 is 34.4 Å². The topological polar surface area (TPSA) is 132 Å². The summed E-state index contributed by atoms with van der Waals surface area (Å²) in [7, 11) is 3.87. The van der Waals surface area contributed by atoms with Crippen molar-refractivity contribution in [3.05, 3.63) is 46.5 Å². The van der Waals surface area contributed by atoms with E-state index in [2.05, 4.69) is 0 Å². The molecular weight excluding hydrogens is 516 g/mol. The van der Waals surface area contributed by atoms with E-state index in [-0.39, 0.29) is 6.54 Å². The van der Waals surface area contributed by atoms with Gasteiger partial charge in [-0.25, -0.2) is 0 Å². The van der Waals surface area contributed by atoms with E-state index in [0.29, 0.717) is 98.6 Å². The van der Waals surface area contributed by atoms with Gasteiger partial charge < -0.3 is 24.8 Å². The monoisotopic (exact) mass is 554 g/mol. The molecule has 0 aliphatic carbocycles. The molecule has 0 bridgehead atoms. The summed E-state index contributed by atoms with van der Waals surface area (Å²) in [6.45, 7) is 4.61. The number of hydrogen-bond acceptors (Lipinski definition) is 9. The molecule has 0 saturated carbocycles. The second kappa shape index (κ2) is 13.9. The van der Waals surface area contributed by atoms with Gasteiger partial charge in [-0.15, -0.1) is 0 Å². The number of nitrogens with zero attached hydrogens (tertiary/aromatic N) is 3. The van der Waals surface area contributed by atoms with Crippen molar-refractivity contribution in [2.45, 2.75) is 19.3 Å². The van der Waals surface area contributed by atoms with Crippen molar-refractivity contribution in [3.8, 4) is 0 Å². The van der Waals surface area contributed by atoms with Crippen LogP contribution in [0.1, 0.15) is 60.7 Å². The molecule has 0 spiro atoms. The van der Waals surface area contributed by atoms with E-state index in [1.54, 1.807) is 24.3 Å². The van der Waals surface area contributed by atoms with Crippen LogP contribution in [0.15, 0.2) is 24.3 Å². The largest absolute Gasteiger partial charge is 0.379 e. The Morgan fingerprint density at radius 2 is 0.975 bits per heavy atom. The summed E-state index contributed by atoms with van der Waals surface area (Å²) >= 11 is 0. The molecule has 2 aliphatic heterocycles. The van der Waals surface area contributed by atoms with Crippen molar-refractivity contribution in [2.24, 2.45) is 5.73 Å². The molecule has 4 rings (SSSR count). The molecule has 4 amide bonds. The second-order valence-electron chi connectivity index (χ2n) is 10.1. The molecule has 11 nitrogen and oxygen atoms in total. The number of ether oxygens (including phenoxy) is 3. The van der Waals surface area contributed by atoms with Crippen LogP contribution in [0.3, 0.4) is 0 Å². The molecule has 2 aromatic carbocycles. The first kappa shape index (κ1) is 29.8.